The van der Waals surface area contributed by atoms with Gasteiger partial charge in [-0.3, -0.25) is 0 Å². The van der Waals surface area contributed by atoms with Crippen molar-refractivity contribution in [2.24, 2.45) is 0 Å². The molecule has 1 heterocycles. The van der Waals surface area contributed by atoms with E-state index in [0.29, 0.717) is 16.3 Å². The number of aryl methyl sites for hydroxylation is 1. The highest BCUT2D eigenvalue weighted by Gasteiger charge is 2.07. The van der Waals surface area contributed by atoms with E-state index in [0.717, 1.165) is 18.8 Å². The predicted molar refractivity (Wildman–Crippen MR) is 70.7 cm³/mol. The van der Waals surface area contributed by atoms with E-state index in [-0.39, 0.29) is 5.82 Å². The highest BCUT2D eigenvalue weighted by molar-refractivity contribution is 7.98. The third-order valence-corrected chi connectivity index (χ3v) is 3.49. The van der Waals surface area contributed by atoms with Crippen molar-refractivity contribution in [2.75, 3.05) is 5.73 Å². The van der Waals surface area contributed by atoms with Gasteiger partial charge in [-0.15, -0.1) is 11.8 Å². The molecule has 0 spiro atoms. The maximum absolute atomic E-state index is 13.6. The van der Waals surface area contributed by atoms with Crippen LogP contribution in [0.3, 0.4) is 0 Å². The van der Waals surface area contributed by atoms with E-state index in [9.17, 15) is 4.39 Å². The molecule has 0 bridgehead atoms. The van der Waals surface area contributed by atoms with Crippen LogP contribution in [0.25, 0.3) is 0 Å². The SMILES string of the molecule is CCCn1ncnc1CSc1ccc(N)cc1F. The fraction of sp³-hybridized carbons (Fsp3) is 0.333. The van der Waals surface area contributed by atoms with Crippen molar-refractivity contribution in [3.8, 4) is 0 Å². The van der Waals surface area contributed by atoms with Crippen molar-refractivity contribution >= 4 is 17.4 Å². The van der Waals surface area contributed by atoms with Gasteiger partial charge >= 0.3 is 0 Å². The minimum atomic E-state index is -0.290. The first-order valence-corrected chi connectivity index (χ1v) is 6.73. The average molecular weight is 266 g/mol. The first-order valence-electron chi connectivity index (χ1n) is 5.75. The maximum Gasteiger partial charge on any atom is 0.138 e. The van der Waals surface area contributed by atoms with Gasteiger partial charge < -0.3 is 5.73 Å². The lowest BCUT2D eigenvalue weighted by Gasteiger charge is -2.05. The summed E-state index contributed by atoms with van der Waals surface area (Å²) in [5, 5.41) is 4.13. The highest BCUT2D eigenvalue weighted by Crippen LogP contribution is 2.26. The molecule has 0 atom stereocenters. The molecule has 0 saturated heterocycles. The van der Waals surface area contributed by atoms with E-state index < -0.39 is 0 Å². The molecule has 0 fully saturated rings. The summed E-state index contributed by atoms with van der Waals surface area (Å²) in [7, 11) is 0. The Labute approximate surface area is 109 Å². The van der Waals surface area contributed by atoms with Crippen molar-refractivity contribution in [3.05, 3.63) is 36.2 Å². The topological polar surface area (TPSA) is 56.7 Å². The van der Waals surface area contributed by atoms with Crippen LogP contribution in [-0.4, -0.2) is 14.8 Å². The molecule has 96 valence electrons. The molecule has 4 nitrogen and oxygen atoms in total. The number of hydrogen-bond donors (Lipinski definition) is 1. The predicted octanol–water partition coefficient (Wildman–Crippen LogP) is 2.70. The van der Waals surface area contributed by atoms with E-state index in [2.05, 4.69) is 17.0 Å². The molecular weight excluding hydrogens is 251 g/mol. The van der Waals surface area contributed by atoms with Crippen molar-refractivity contribution < 1.29 is 4.39 Å². The third kappa shape index (κ3) is 3.01. The minimum absolute atomic E-state index is 0.290. The summed E-state index contributed by atoms with van der Waals surface area (Å²) in [5.41, 5.74) is 5.94. The van der Waals surface area contributed by atoms with Crippen LogP contribution < -0.4 is 5.73 Å². The number of halogens is 1. The summed E-state index contributed by atoms with van der Waals surface area (Å²) in [6.07, 6.45) is 2.53. The summed E-state index contributed by atoms with van der Waals surface area (Å²) >= 11 is 1.40. The van der Waals surface area contributed by atoms with Crippen LogP contribution in [0.15, 0.2) is 29.4 Å². The van der Waals surface area contributed by atoms with Crippen LogP contribution in [0, 0.1) is 5.82 Å². The molecule has 18 heavy (non-hydrogen) atoms. The molecular formula is C12H15FN4S. The monoisotopic (exact) mass is 266 g/mol. The van der Waals surface area contributed by atoms with Crippen LogP contribution >= 0.6 is 11.8 Å². The summed E-state index contributed by atoms with van der Waals surface area (Å²) in [6.45, 7) is 2.92. The zero-order valence-corrected chi connectivity index (χ0v) is 11.0. The van der Waals surface area contributed by atoms with Crippen molar-refractivity contribution in [1.29, 1.82) is 0 Å². The van der Waals surface area contributed by atoms with Crippen LogP contribution in [-0.2, 0) is 12.3 Å². The van der Waals surface area contributed by atoms with Gasteiger partial charge in [0.05, 0.1) is 5.75 Å². The number of benzene rings is 1. The number of thioether (sulfide) groups is 1. The first-order chi connectivity index (χ1) is 8.70. The number of hydrogen-bond acceptors (Lipinski definition) is 4. The highest BCUT2D eigenvalue weighted by atomic mass is 32.2. The zero-order chi connectivity index (χ0) is 13.0. The summed E-state index contributed by atoms with van der Waals surface area (Å²) in [6, 6.07) is 4.72. The van der Waals surface area contributed by atoms with Crippen LogP contribution in [0.5, 0.6) is 0 Å². The Bertz CT molecular complexity index is 527. The summed E-state index contributed by atoms with van der Waals surface area (Å²) in [5.74, 6) is 1.17. The number of rotatable bonds is 5. The Morgan fingerprint density at radius 2 is 2.28 bits per heavy atom. The standard InChI is InChI=1S/C12H15FN4S/c1-2-5-17-12(15-8-16-17)7-18-11-4-3-9(14)6-10(11)13/h3-4,6,8H,2,5,7,14H2,1H3. The van der Waals surface area contributed by atoms with Gasteiger partial charge in [0, 0.05) is 17.1 Å². The van der Waals surface area contributed by atoms with Crippen molar-refractivity contribution in [3.63, 3.8) is 0 Å². The van der Waals surface area contributed by atoms with Gasteiger partial charge in [0.2, 0.25) is 0 Å². The van der Waals surface area contributed by atoms with Crippen LogP contribution in [0.1, 0.15) is 19.2 Å². The minimum Gasteiger partial charge on any atom is -0.399 e. The molecule has 0 saturated carbocycles. The van der Waals surface area contributed by atoms with Crippen molar-refractivity contribution in [1.82, 2.24) is 14.8 Å². The van der Waals surface area contributed by atoms with E-state index in [1.165, 1.54) is 24.2 Å². The summed E-state index contributed by atoms with van der Waals surface area (Å²) in [4.78, 5) is 4.76. The van der Waals surface area contributed by atoms with E-state index in [1.54, 1.807) is 12.1 Å². The third-order valence-electron chi connectivity index (χ3n) is 2.44. The maximum atomic E-state index is 13.6. The van der Waals surface area contributed by atoms with Gasteiger partial charge in [-0.1, -0.05) is 6.92 Å². The molecule has 0 aliphatic rings. The average Bonchev–Trinajstić information content (AvgIpc) is 2.76. The van der Waals surface area contributed by atoms with E-state index >= 15 is 0 Å². The quantitative estimate of drug-likeness (QED) is 0.668. The fourth-order valence-electron chi connectivity index (χ4n) is 1.57. The van der Waals surface area contributed by atoms with Gasteiger partial charge in [-0.05, 0) is 24.6 Å². The number of nitrogens with two attached hydrogens (primary N) is 1. The molecule has 0 aliphatic heterocycles. The first kappa shape index (κ1) is 12.9. The van der Waals surface area contributed by atoms with Gasteiger partial charge in [0.15, 0.2) is 0 Å². The lowest BCUT2D eigenvalue weighted by Crippen LogP contribution is -2.04. The Hall–Kier alpha value is -1.56. The number of anilines is 1. The normalized spacial score (nSPS) is 10.8. The second-order valence-corrected chi connectivity index (χ2v) is 4.90. The fourth-order valence-corrected chi connectivity index (χ4v) is 2.44. The number of aromatic nitrogens is 3. The lowest BCUT2D eigenvalue weighted by atomic mass is 10.3. The molecule has 2 aromatic rings. The van der Waals surface area contributed by atoms with E-state index in [4.69, 9.17) is 5.73 Å². The lowest BCUT2D eigenvalue weighted by molar-refractivity contribution is 0.581. The Kier molecular flexibility index (Phi) is 4.19. The van der Waals surface area contributed by atoms with Gasteiger partial charge in [-0.2, -0.15) is 5.10 Å². The molecule has 1 aromatic carbocycles. The van der Waals surface area contributed by atoms with E-state index in [1.807, 2.05) is 4.68 Å². The molecule has 1 aromatic heterocycles. The smallest absolute Gasteiger partial charge is 0.138 e. The van der Waals surface area contributed by atoms with Crippen molar-refractivity contribution in [2.45, 2.75) is 30.5 Å². The van der Waals surface area contributed by atoms with Crippen LogP contribution in [0.2, 0.25) is 0 Å². The molecule has 6 heteroatoms. The summed E-state index contributed by atoms with van der Waals surface area (Å²) < 4.78 is 15.4. The molecule has 0 radical (unpaired) electrons. The largest absolute Gasteiger partial charge is 0.399 e. The second-order valence-electron chi connectivity index (χ2n) is 3.88. The Balaban J connectivity index is 2.04. The second kappa shape index (κ2) is 5.86. The van der Waals surface area contributed by atoms with Gasteiger partial charge in [0.1, 0.15) is 18.0 Å². The molecule has 2 rings (SSSR count). The molecule has 0 aliphatic carbocycles. The molecule has 2 N–H and O–H groups in total. The molecule has 0 amide bonds. The zero-order valence-electron chi connectivity index (χ0n) is 10.1. The molecule has 0 unspecified atom stereocenters. The Morgan fingerprint density at radius 3 is 3.00 bits per heavy atom. The van der Waals surface area contributed by atoms with Gasteiger partial charge in [0.25, 0.3) is 0 Å². The van der Waals surface area contributed by atoms with Gasteiger partial charge in [-0.25, -0.2) is 14.1 Å². The number of nitrogens with zero attached hydrogens (tertiary/aromatic N) is 3. The number of nitrogen functional groups attached to an aromatic ring is 1. The van der Waals surface area contributed by atoms with Crippen LogP contribution in [0.4, 0.5) is 10.1 Å². The Morgan fingerprint density at radius 1 is 1.44 bits per heavy atom.